The van der Waals surface area contributed by atoms with Crippen molar-refractivity contribution in [2.24, 2.45) is 0 Å². The van der Waals surface area contributed by atoms with E-state index in [-0.39, 0.29) is 30.9 Å². The molecule has 0 bridgehead atoms. The van der Waals surface area contributed by atoms with E-state index in [0.29, 0.717) is 12.4 Å². The van der Waals surface area contributed by atoms with Crippen LogP contribution in [0.15, 0.2) is 41.8 Å². The molecule has 0 saturated heterocycles. The Hall–Kier alpha value is -3.27. The second kappa shape index (κ2) is 10.4. The molecule has 0 unspecified atom stereocenters. The normalized spacial score (nSPS) is 13.8. The van der Waals surface area contributed by atoms with Crippen molar-refractivity contribution >= 4 is 23.2 Å². The van der Waals surface area contributed by atoms with Gasteiger partial charge in [-0.2, -0.15) is 4.80 Å². The predicted molar refractivity (Wildman–Crippen MR) is 120 cm³/mol. The number of hydrogen-bond acceptors (Lipinski definition) is 7. The number of nitrogens with zero attached hydrogens (tertiary/aromatic N) is 5. The van der Waals surface area contributed by atoms with Crippen molar-refractivity contribution in [2.45, 2.75) is 44.8 Å². The van der Waals surface area contributed by atoms with Crippen molar-refractivity contribution in [1.82, 2.24) is 30.4 Å². The van der Waals surface area contributed by atoms with E-state index in [0.717, 1.165) is 41.9 Å². The molecule has 1 aliphatic carbocycles. The smallest absolute Gasteiger partial charge is 0.247 e. The fourth-order valence-electron chi connectivity index (χ4n) is 3.73. The van der Waals surface area contributed by atoms with Crippen LogP contribution in [0.4, 0.5) is 0 Å². The number of thiophene rings is 1. The molecule has 10 heteroatoms. The Labute approximate surface area is 190 Å². The number of carbonyl (C=O) groups is 2. The highest BCUT2D eigenvalue weighted by Gasteiger charge is 2.23. The molecule has 9 nitrogen and oxygen atoms in total. The van der Waals surface area contributed by atoms with Crippen LogP contribution in [0.2, 0.25) is 0 Å². The van der Waals surface area contributed by atoms with Gasteiger partial charge in [0.15, 0.2) is 0 Å². The van der Waals surface area contributed by atoms with Gasteiger partial charge in [0, 0.05) is 16.5 Å². The molecule has 2 amide bonds. The first-order chi connectivity index (χ1) is 15.6. The molecule has 3 aromatic rings. The first-order valence-corrected chi connectivity index (χ1v) is 11.5. The Balaban J connectivity index is 1.42. The van der Waals surface area contributed by atoms with E-state index in [1.807, 2.05) is 41.8 Å². The Morgan fingerprint density at radius 2 is 2.00 bits per heavy atom. The van der Waals surface area contributed by atoms with E-state index in [9.17, 15) is 9.59 Å². The molecule has 1 saturated carbocycles. The zero-order valence-corrected chi connectivity index (χ0v) is 18.8. The van der Waals surface area contributed by atoms with Gasteiger partial charge in [-0.1, -0.05) is 18.9 Å². The van der Waals surface area contributed by atoms with Gasteiger partial charge in [0.2, 0.25) is 17.6 Å². The number of amides is 2. The van der Waals surface area contributed by atoms with E-state index in [4.69, 9.17) is 4.74 Å². The maximum Gasteiger partial charge on any atom is 0.247 e. The quantitative estimate of drug-likeness (QED) is 0.533. The molecule has 168 valence electrons. The monoisotopic (exact) mass is 454 g/mol. The lowest BCUT2D eigenvalue weighted by atomic mass is 10.2. The Kier molecular flexibility index (Phi) is 7.10. The maximum atomic E-state index is 13.0. The Morgan fingerprint density at radius 1 is 1.22 bits per heavy atom. The third-order valence-electron chi connectivity index (χ3n) is 5.41. The van der Waals surface area contributed by atoms with Gasteiger partial charge >= 0.3 is 0 Å². The number of tetrazole rings is 1. The predicted octanol–water partition coefficient (Wildman–Crippen LogP) is 2.50. The van der Waals surface area contributed by atoms with Crippen LogP contribution in [-0.2, 0) is 22.7 Å². The van der Waals surface area contributed by atoms with Crippen molar-refractivity contribution in [3.8, 4) is 17.1 Å². The van der Waals surface area contributed by atoms with E-state index < -0.39 is 0 Å². The SMILES string of the molecule is COc1ccc(-c2nnn(CC(=O)N(CC(=O)NC3CCCC3)Cc3cccs3)n2)cc1. The molecule has 0 atom stereocenters. The van der Waals surface area contributed by atoms with Crippen molar-refractivity contribution in [1.29, 1.82) is 0 Å². The van der Waals surface area contributed by atoms with Crippen molar-refractivity contribution < 1.29 is 14.3 Å². The first-order valence-electron chi connectivity index (χ1n) is 10.6. The molecule has 1 N–H and O–H groups in total. The summed E-state index contributed by atoms with van der Waals surface area (Å²) in [6.45, 7) is 0.285. The summed E-state index contributed by atoms with van der Waals surface area (Å²) in [6, 6.07) is 11.4. The largest absolute Gasteiger partial charge is 0.497 e. The van der Waals surface area contributed by atoms with Crippen molar-refractivity contribution in [2.75, 3.05) is 13.7 Å². The molecular weight excluding hydrogens is 428 g/mol. The molecule has 1 aromatic carbocycles. The lowest BCUT2D eigenvalue weighted by Gasteiger charge is -2.22. The number of benzene rings is 1. The van der Waals surface area contributed by atoms with Gasteiger partial charge in [0.25, 0.3) is 0 Å². The number of aromatic nitrogens is 4. The average Bonchev–Trinajstić information content (AvgIpc) is 3.57. The number of ether oxygens (including phenoxy) is 1. The molecule has 32 heavy (non-hydrogen) atoms. The van der Waals surface area contributed by atoms with Crippen LogP contribution in [0.3, 0.4) is 0 Å². The third kappa shape index (κ3) is 5.70. The van der Waals surface area contributed by atoms with Crippen LogP contribution in [-0.4, -0.2) is 56.6 Å². The molecular formula is C22H26N6O3S. The van der Waals surface area contributed by atoms with Gasteiger partial charge in [0.1, 0.15) is 12.3 Å². The molecule has 0 spiro atoms. The van der Waals surface area contributed by atoms with Crippen LogP contribution in [0.25, 0.3) is 11.4 Å². The zero-order chi connectivity index (χ0) is 22.3. The standard InChI is InChI=1S/C22H26N6O3S/c1-31-18-10-8-16(9-11-18)22-24-26-28(25-22)15-21(30)27(13-19-7-4-12-32-19)14-20(29)23-17-5-2-3-6-17/h4,7-12,17H,2-3,5-6,13-15H2,1H3,(H,23,29). The summed E-state index contributed by atoms with van der Waals surface area (Å²) in [6.07, 6.45) is 4.28. The van der Waals surface area contributed by atoms with E-state index in [2.05, 4.69) is 20.7 Å². The van der Waals surface area contributed by atoms with E-state index in [1.165, 1.54) is 4.80 Å². The minimum atomic E-state index is -0.237. The lowest BCUT2D eigenvalue weighted by Crippen LogP contribution is -2.44. The van der Waals surface area contributed by atoms with Crippen molar-refractivity contribution in [3.05, 3.63) is 46.7 Å². The first kappa shape index (κ1) is 21.9. The number of rotatable bonds is 9. The molecule has 0 radical (unpaired) electrons. The number of methoxy groups -OCH3 is 1. The summed E-state index contributed by atoms with van der Waals surface area (Å²) in [7, 11) is 1.60. The highest BCUT2D eigenvalue weighted by Crippen LogP contribution is 2.19. The van der Waals surface area contributed by atoms with Gasteiger partial charge in [-0.05, 0) is 53.8 Å². The molecule has 1 aliphatic rings. The third-order valence-corrected chi connectivity index (χ3v) is 6.27. The van der Waals surface area contributed by atoms with Gasteiger partial charge in [-0.15, -0.1) is 21.5 Å². The topological polar surface area (TPSA) is 102 Å². The Morgan fingerprint density at radius 3 is 2.69 bits per heavy atom. The number of carbonyl (C=O) groups excluding carboxylic acids is 2. The van der Waals surface area contributed by atoms with Crippen molar-refractivity contribution in [3.63, 3.8) is 0 Å². The second-order valence-corrected chi connectivity index (χ2v) is 8.78. The van der Waals surface area contributed by atoms with Gasteiger partial charge < -0.3 is 15.0 Å². The van der Waals surface area contributed by atoms with Crippen LogP contribution < -0.4 is 10.1 Å². The summed E-state index contributed by atoms with van der Waals surface area (Å²) >= 11 is 1.55. The minimum Gasteiger partial charge on any atom is -0.497 e. The summed E-state index contributed by atoms with van der Waals surface area (Å²) in [5, 5.41) is 17.4. The number of nitrogens with one attached hydrogen (secondary N) is 1. The van der Waals surface area contributed by atoms with Crippen LogP contribution in [0.1, 0.15) is 30.6 Å². The Bertz CT molecular complexity index is 1030. The fraction of sp³-hybridized carbons (Fsp3) is 0.409. The average molecular weight is 455 g/mol. The lowest BCUT2D eigenvalue weighted by molar-refractivity contribution is -0.137. The van der Waals surface area contributed by atoms with Crippen LogP contribution in [0.5, 0.6) is 5.75 Å². The summed E-state index contributed by atoms with van der Waals surface area (Å²) in [5.74, 6) is 0.784. The molecule has 1 fully saturated rings. The summed E-state index contributed by atoms with van der Waals surface area (Å²) < 4.78 is 5.16. The van der Waals surface area contributed by atoms with Crippen LogP contribution in [0, 0.1) is 0 Å². The fourth-order valence-corrected chi connectivity index (χ4v) is 4.45. The zero-order valence-electron chi connectivity index (χ0n) is 17.9. The maximum absolute atomic E-state index is 13.0. The molecule has 2 heterocycles. The van der Waals surface area contributed by atoms with Gasteiger partial charge in [-0.3, -0.25) is 9.59 Å². The second-order valence-electron chi connectivity index (χ2n) is 7.75. The van der Waals surface area contributed by atoms with Gasteiger partial charge in [0.05, 0.1) is 20.2 Å². The molecule has 0 aliphatic heterocycles. The molecule has 4 rings (SSSR count). The van der Waals surface area contributed by atoms with E-state index in [1.54, 1.807) is 23.3 Å². The number of hydrogen-bond donors (Lipinski definition) is 1. The minimum absolute atomic E-state index is 0.00721. The highest BCUT2D eigenvalue weighted by atomic mass is 32.1. The molecule has 2 aromatic heterocycles. The van der Waals surface area contributed by atoms with E-state index >= 15 is 0 Å². The summed E-state index contributed by atoms with van der Waals surface area (Å²) in [5.41, 5.74) is 0.774. The highest BCUT2D eigenvalue weighted by molar-refractivity contribution is 7.09. The summed E-state index contributed by atoms with van der Waals surface area (Å²) in [4.78, 5) is 29.4. The van der Waals surface area contributed by atoms with Gasteiger partial charge in [-0.25, -0.2) is 0 Å². The van der Waals surface area contributed by atoms with Crippen LogP contribution >= 0.6 is 11.3 Å².